The summed E-state index contributed by atoms with van der Waals surface area (Å²) in [6, 6.07) is 67.0. The van der Waals surface area contributed by atoms with Gasteiger partial charge in [-0.3, -0.25) is 9.98 Å². The lowest BCUT2D eigenvalue weighted by Gasteiger charge is -2.12. The molecule has 4 heteroatoms. The fraction of sp³-hybridized carbons (Fsp3) is 0.0189. The Kier molecular flexibility index (Phi) is 8.74. The molecule has 0 saturated heterocycles. The fourth-order valence-corrected chi connectivity index (χ4v) is 9.38. The van der Waals surface area contributed by atoms with Gasteiger partial charge in [-0.2, -0.15) is 0 Å². The highest BCUT2D eigenvalue weighted by atomic mass is 32.1. The molecule has 1 aliphatic rings. The number of thiophene rings is 1. The largest absolute Gasteiger partial charge is 0.452 e. The first-order valence-electron chi connectivity index (χ1n) is 19.0. The van der Waals surface area contributed by atoms with Crippen LogP contribution in [0, 0.1) is 0 Å². The molecule has 270 valence electrons. The molecule has 2 heterocycles. The lowest BCUT2D eigenvalue weighted by Crippen LogP contribution is -2.04. The number of nitrogens with zero attached hydrogens (tertiary/aromatic N) is 2. The number of ether oxygens (including phenoxy) is 1. The number of hydrogen-bond donors (Lipinski definition) is 0. The first-order valence-corrected chi connectivity index (χ1v) is 19.9. The van der Waals surface area contributed by atoms with Crippen molar-refractivity contribution in [1.29, 1.82) is 0 Å². The third-order valence-corrected chi connectivity index (χ3v) is 12.1. The molecule has 0 fully saturated rings. The summed E-state index contributed by atoms with van der Waals surface area (Å²) in [5.41, 5.74) is 15.1. The third kappa shape index (κ3) is 6.17. The van der Waals surface area contributed by atoms with Crippen molar-refractivity contribution in [2.75, 3.05) is 7.05 Å². The lowest BCUT2D eigenvalue weighted by molar-refractivity contribution is 0.470. The van der Waals surface area contributed by atoms with Gasteiger partial charge in [0.25, 0.3) is 0 Å². The van der Waals surface area contributed by atoms with E-state index in [1.165, 1.54) is 59.1 Å². The monoisotopic (exact) mass is 748 g/mol. The van der Waals surface area contributed by atoms with Gasteiger partial charge in [-0.25, -0.2) is 0 Å². The number of fused-ring (bicyclic) bond motifs is 4. The van der Waals surface area contributed by atoms with Gasteiger partial charge in [-0.05, 0) is 99.8 Å². The molecule has 1 aliphatic heterocycles. The van der Waals surface area contributed by atoms with Crippen LogP contribution in [0.15, 0.2) is 204 Å². The average molecular weight is 749 g/mol. The smallest absolute Gasteiger partial charge is 0.179 e. The minimum Gasteiger partial charge on any atom is -0.452 e. The van der Waals surface area contributed by atoms with E-state index >= 15 is 0 Å². The van der Waals surface area contributed by atoms with Gasteiger partial charge in [0.05, 0.1) is 0 Å². The topological polar surface area (TPSA) is 34.0 Å². The predicted molar refractivity (Wildman–Crippen MR) is 243 cm³/mol. The number of para-hydroxylation sites is 1. The Morgan fingerprint density at radius 2 is 0.965 bits per heavy atom. The van der Waals surface area contributed by atoms with Gasteiger partial charge < -0.3 is 4.74 Å². The fourth-order valence-electron chi connectivity index (χ4n) is 8.04. The van der Waals surface area contributed by atoms with E-state index < -0.39 is 0 Å². The van der Waals surface area contributed by atoms with Gasteiger partial charge >= 0.3 is 0 Å². The van der Waals surface area contributed by atoms with Crippen LogP contribution in [-0.4, -0.2) is 19.5 Å². The van der Waals surface area contributed by atoms with Crippen LogP contribution < -0.4 is 4.74 Å². The second-order valence-corrected chi connectivity index (χ2v) is 15.2. The molecule has 0 N–H and O–H groups in total. The summed E-state index contributed by atoms with van der Waals surface area (Å²) in [5, 5.41) is 2.52. The first-order chi connectivity index (χ1) is 28.2. The standard InChI is InChI=1S/C53H36N2OS/c1-54-49(51-50(55-2)43-26-12-13-27-48(43)56-51)40-25-15-23-38(29-40)37-22-14-24-39(28-37)45-31-42(35-18-8-4-9-19-35)33-47-46-32-41(34-16-6-3-7-17-34)30-44(52(46)57-53(45)47)36-20-10-5-11-21-36/h3-33H,1H2,2H3/b51-49+,55-50?. The normalized spacial score (nSPS) is 13.8. The predicted octanol–water partition coefficient (Wildman–Crippen LogP) is 14.3. The zero-order chi connectivity index (χ0) is 38.3. The molecule has 0 saturated carbocycles. The average Bonchev–Trinajstić information content (AvgIpc) is 3.85. The van der Waals surface area contributed by atoms with Crippen molar-refractivity contribution in [3.05, 3.63) is 205 Å². The second-order valence-electron chi connectivity index (χ2n) is 14.2. The van der Waals surface area contributed by atoms with Crippen molar-refractivity contribution >= 4 is 49.6 Å². The van der Waals surface area contributed by atoms with Gasteiger partial charge in [0.1, 0.15) is 17.2 Å². The highest BCUT2D eigenvalue weighted by Gasteiger charge is 2.28. The minimum absolute atomic E-state index is 0.620. The minimum atomic E-state index is 0.620. The number of aliphatic imine (C=N–C) groups is 2. The van der Waals surface area contributed by atoms with Gasteiger partial charge in [0, 0.05) is 49.5 Å². The van der Waals surface area contributed by atoms with Gasteiger partial charge in [0.2, 0.25) is 0 Å². The molecule has 10 rings (SSSR count). The zero-order valence-corrected chi connectivity index (χ0v) is 32.1. The Balaban J connectivity index is 1.16. The summed E-state index contributed by atoms with van der Waals surface area (Å²) in [5.74, 6) is 1.39. The van der Waals surface area contributed by atoms with Gasteiger partial charge in [-0.1, -0.05) is 140 Å². The van der Waals surface area contributed by atoms with E-state index in [0.717, 1.165) is 39.3 Å². The van der Waals surface area contributed by atoms with Gasteiger partial charge in [-0.15, -0.1) is 11.3 Å². The molecule has 0 bridgehead atoms. The zero-order valence-electron chi connectivity index (χ0n) is 31.3. The van der Waals surface area contributed by atoms with Crippen LogP contribution >= 0.6 is 11.3 Å². The highest BCUT2D eigenvalue weighted by molar-refractivity contribution is 7.27. The Morgan fingerprint density at radius 3 is 1.58 bits per heavy atom. The summed E-state index contributed by atoms with van der Waals surface area (Å²) in [4.78, 5) is 9.08. The van der Waals surface area contributed by atoms with Crippen LogP contribution in [0.25, 0.3) is 81.5 Å². The lowest BCUT2D eigenvalue weighted by atomic mass is 9.92. The van der Waals surface area contributed by atoms with Crippen molar-refractivity contribution in [3.8, 4) is 61.4 Å². The van der Waals surface area contributed by atoms with E-state index in [4.69, 9.17) is 4.74 Å². The molecule has 3 nitrogen and oxygen atoms in total. The molecule has 0 amide bonds. The summed E-state index contributed by atoms with van der Waals surface area (Å²) in [6.07, 6.45) is 0. The van der Waals surface area contributed by atoms with Crippen molar-refractivity contribution in [2.24, 2.45) is 9.98 Å². The second kappa shape index (κ2) is 14.5. The Labute approximate surface area is 336 Å². The molecule has 0 atom stereocenters. The summed E-state index contributed by atoms with van der Waals surface area (Å²) in [6.45, 7) is 3.96. The molecule has 0 unspecified atom stereocenters. The summed E-state index contributed by atoms with van der Waals surface area (Å²) in [7, 11) is 1.79. The van der Waals surface area contributed by atoms with Crippen LogP contribution in [0.3, 0.4) is 0 Å². The van der Waals surface area contributed by atoms with Gasteiger partial charge in [0.15, 0.2) is 5.76 Å². The molecule has 0 radical (unpaired) electrons. The maximum atomic E-state index is 6.34. The molecule has 0 spiro atoms. The Morgan fingerprint density at radius 1 is 0.456 bits per heavy atom. The van der Waals surface area contributed by atoms with Crippen molar-refractivity contribution < 1.29 is 4.74 Å². The molecular weight excluding hydrogens is 713 g/mol. The molecule has 8 aromatic carbocycles. The van der Waals surface area contributed by atoms with Crippen LogP contribution in [0.5, 0.6) is 5.75 Å². The molecule has 1 aromatic heterocycles. The molecule has 9 aromatic rings. The third-order valence-electron chi connectivity index (χ3n) is 10.8. The number of allylic oxidation sites excluding steroid dienone is 1. The molecular formula is C53H36N2OS. The van der Waals surface area contributed by atoms with Crippen LogP contribution in [0.1, 0.15) is 11.1 Å². The van der Waals surface area contributed by atoms with E-state index in [2.05, 4.69) is 180 Å². The maximum Gasteiger partial charge on any atom is 0.179 e. The number of benzene rings is 8. The summed E-state index contributed by atoms with van der Waals surface area (Å²) < 4.78 is 8.89. The SMILES string of the molecule is C=N/C(=C1/Oc2ccccc2C1=NC)c1cccc(-c2cccc(-c3cc(-c4ccccc4)cc4c3sc3c(-c5ccccc5)cc(-c5ccccc5)cc34)c2)c1. The molecule has 0 aliphatic carbocycles. The van der Waals surface area contributed by atoms with E-state index in [1.54, 1.807) is 7.05 Å². The summed E-state index contributed by atoms with van der Waals surface area (Å²) >= 11 is 1.88. The van der Waals surface area contributed by atoms with Crippen molar-refractivity contribution in [3.63, 3.8) is 0 Å². The van der Waals surface area contributed by atoms with Crippen molar-refractivity contribution in [1.82, 2.24) is 0 Å². The van der Waals surface area contributed by atoms with Crippen LogP contribution in [0.4, 0.5) is 0 Å². The van der Waals surface area contributed by atoms with E-state index in [0.29, 0.717) is 11.5 Å². The van der Waals surface area contributed by atoms with Crippen LogP contribution in [0.2, 0.25) is 0 Å². The van der Waals surface area contributed by atoms with E-state index in [9.17, 15) is 0 Å². The Hall–Kier alpha value is -7.14. The maximum absolute atomic E-state index is 6.34. The van der Waals surface area contributed by atoms with E-state index in [1.807, 2.05) is 35.6 Å². The quantitative estimate of drug-likeness (QED) is 0.149. The highest BCUT2D eigenvalue weighted by Crippen LogP contribution is 2.48. The Bertz CT molecular complexity index is 3050. The first kappa shape index (κ1) is 34.4. The van der Waals surface area contributed by atoms with Crippen molar-refractivity contribution in [2.45, 2.75) is 0 Å². The molecule has 57 heavy (non-hydrogen) atoms. The number of rotatable bonds is 7. The van der Waals surface area contributed by atoms with Crippen LogP contribution in [-0.2, 0) is 0 Å². The number of hydrogen-bond acceptors (Lipinski definition) is 4. The van der Waals surface area contributed by atoms with E-state index in [-0.39, 0.29) is 0 Å².